The maximum absolute atomic E-state index is 12.0. The molecular weight excluding hydrogens is 183 g/mol. The van der Waals surface area contributed by atoms with Crippen LogP contribution >= 0.6 is 0 Å². The van der Waals surface area contributed by atoms with E-state index in [-0.39, 0.29) is 5.56 Å². The molecule has 1 rings (SSSR count). The number of hydrogen-bond acceptors (Lipinski definition) is 1. The van der Waals surface area contributed by atoms with Crippen LogP contribution in [-0.2, 0) is 6.18 Å². The Hall–Kier alpha value is -1.52. The summed E-state index contributed by atoms with van der Waals surface area (Å²) in [5, 5.41) is 0. The second kappa shape index (κ2) is 3.08. The van der Waals surface area contributed by atoms with E-state index in [1.807, 2.05) is 0 Å². The summed E-state index contributed by atoms with van der Waals surface area (Å²) in [5.41, 5.74) is 4.12. The molecule has 2 N–H and O–H groups in total. The lowest BCUT2D eigenvalue weighted by Crippen LogP contribution is -2.11. The number of amides is 1. The Morgan fingerprint density at radius 2 is 1.62 bits per heavy atom. The van der Waals surface area contributed by atoms with Crippen molar-refractivity contribution in [1.82, 2.24) is 0 Å². The van der Waals surface area contributed by atoms with E-state index in [9.17, 15) is 18.0 Å². The van der Waals surface area contributed by atoms with Crippen molar-refractivity contribution in [3.63, 3.8) is 0 Å². The van der Waals surface area contributed by atoms with Crippen molar-refractivity contribution in [1.29, 1.82) is 0 Å². The maximum atomic E-state index is 12.0. The summed E-state index contributed by atoms with van der Waals surface area (Å²) < 4.78 is 36.0. The highest BCUT2D eigenvalue weighted by Gasteiger charge is 2.30. The molecule has 1 aromatic carbocycles. The van der Waals surface area contributed by atoms with Gasteiger partial charge in [0, 0.05) is 5.56 Å². The van der Waals surface area contributed by atoms with Crippen LogP contribution in [0, 0.1) is 0 Å². The molecule has 0 bridgehead atoms. The number of alkyl halides is 3. The summed E-state index contributed by atoms with van der Waals surface area (Å²) in [5.74, 6) is -0.742. The number of primary amides is 1. The van der Waals surface area contributed by atoms with E-state index in [4.69, 9.17) is 5.73 Å². The number of carbonyl (C=O) groups excluding carboxylic acids is 1. The predicted octanol–water partition coefficient (Wildman–Crippen LogP) is 1.80. The molecule has 0 unspecified atom stereocenters. The van der Waals surface area contributed by atoms with Gasteiger partial charge < -0.3 is 5.73 Å². The standard InChI is InChI=1S/C8H6F3NO/c9-8(10,11)6-3-1-5(2-4-6)7(12)13/h1-4H,(H2,12,13). The zero-order chi connectivity index (χ0) is 10.1. The van der Waals surface area contributed by atoms with Crippen LogP contribution in [-0.4, -0.2) is 5.91 Å². The quantitative estimate of drug-likeness (QED) is 0.719. The first-order valence-corrected chi connectivity index (χ1v) is 3.38. The molecule has 1 aromatic rings. The van der Waals surface area contributed by atoms with Crippen LogP contribution < -0.4 is 5.73 Å². The van der Waals surface area contributed by atoms with Gasteiger partial charge in [-0.1, -0.05) is 0 Å². The molecule has 0 heterocycles. The molecule has 0 fully saturated rings. The third-order valence-electron chi connectivity index (χ3n) is 1.50. The van der Waals surface area contributed by atoms with Crippen LogP contribution in [0.3, 0.4) is 0 Å². The van der Waals surface area contributed by atoms with Gasteiger partial charge in [0.2, 0.25) is 5.91 Å². The Labute approximate surface area is 72.2 Å². The fraction of sp³-hybridized carbons (Fsp3) is 0.125. The van der Waals surface area contributed by atoms with E-state index in [1.54, 1.807) is 0 Å². The van der Waals surface area contributed by atoms with Crippen LogP contribution in [0.4, 0.5) is 13.2 Å². The first-order valence-electron chi connectivity index (χ1n) is 3.38. The smallest absolute Gasteiger partial charge is 0.366 e. The predicted molar refractivity (Wildman–Crippen MR) is 40.0 cm³/mol. The van der Waals surface area contributed by atoms with Crippen molar-refractivity contribution in [2.75, 3.05) is 0 Å². The molecular formula is C8H6F3NO. The van der Waals surface area contributed by atoms with E-state index in [0.29, 0.717) is 0 Å². The number of hydrogen-bond donors (Lipinski definition) is 1. The normalized spacial score (nSPS) is 11.3. The zero-order valence-electron chi connectivity index (χ0n) is 6.43. The van der Waals surface area contributed by atoms with Gasteiger partial charge in [-0.15, -0.1) is 0 Å². The van der Waals surface area contributed by atoms with E-state index in [2.05, 4.69) is 0 Å². The minimum Gasteiger partial charge on any atom is -0.366 e. The molecule has 0 spiro atoms. The Bertz CT molecular complexity index is 315. The number of nitrogens with two attached hydrogens (primary N) is 1. The largest absolute Gasteiger partial charge is 0.416 e. The fourth-order valence-electron chi connectivity index (χ4n) is 0.823. The van der Waals surface area contributed by atoms with Gasteiger partial charge in [0.05, 0.1) is 5.56 Å². The highest BCUT2D eigenvalue weighted by Crippen LogP contribution is 2.28. The van der Waals surface area contributed by atoms with Crippen molar-refractivity contribution in [3.8, 4) is 0 Å². The molecule has 0 radical (unpaired) electrons. The van der Waals surface area contributed by atoms with Crippen molar-refractivity contribution >= 4 is 5.91 Å². The van der Waals surface area contributed by atoms with Crippen LogP contribution in [0.15, 0.2) is 24.3 Å². The van der Waals surface area contributed by atoms with Gasteiger partial charge in [0.15, 0.2) is 0 Å². The first kappa shape index (κ1) is 9.57. The van der Waals surface area contributed by atoms with Crippen molar-refractivity contribution in [3.05, 3.63) is 35.4 Å². The van der Waals surface area contributed by atoms with Gasteiger partial charge in [-0.05, 0) is 24.3 Å². The molecule has 0 atom stereocenters. The van der Waals surface area contributed by atoms with E-state index < -0.39 is 17.6 Å². The molecule has 2 nitrogen and oxygen atoms in total. The third kappa shape index (κ3) is 2.21. The third-order valence-corrected chi connectivity index (χ3v) is 1.50. The van der Waals surface area contributed by atoms with Gasteiger partial charge in [-0.3, -0.25) is 4.79 Å². The molecule has 0 aliphatic heterocycles. The maximum Gasteiger partial charge on any atom is 0.416 e. The Morgan fingerprint density at radius 1 is 1.15 bits per heavy atom. The van der Waals surface area contributed by atoms with Crippen molar-refractivity contribution in [2.45, 2.75) is 6.18 Å². The number of carbonyl (C=O) groups is 1. The van der Waals surface area contributed by atoms with Crippen LogP contribution in [0.2, 0.25) is 0 Å². The van der Waals surface area contributed by atoms with Crippen LogP contribution in [0.5, 0.6) is 0 Å². The Balaban J connectivity index is 3.01. The molecule has 5 heteroatoms. The van der Waals surface area contributed by atoms with E-state index in [1.165, 1.54) is 0 Å². The van der Waals surface area contributed by atoms with Crippen molar-refractivity contribution < 1.29 is 18.0 Å². The number of halogens is 3. The van der Waals surface area contributed by atoms with E-state index >= 15 is 0 Å². The Kier molecular flexibility index (Phi) is 2.27. The lowest BCUT2D eigenvalue weighted by atomic mass is 10.1. The second-order valence-corrected chi connectivity index (χ2v) is 2.44. The number of benzene rings is 1. The molecule has 1 amide bonds. The molecule has 13 heavy (non-hydrogen) atoms. The fourth-order valence-corrected chi connectivity index (χ4v) is 0.823. The van der Waals surface area contributed by atoms with Gasteiger partial charge in [0.25, 0.3) is 0 Å². The molecule has 0 aromatic heterocycles. The minimum absolute atomic E-state index is 0.0630. The van der Waals surface area contributed by atoms with Gasteiger partial charge in [-0.2, -0.15) is 13.2 Å². The molecule has 0 aliphatic rings. The highest BCUT2D eigenvalue weighted by atomic mass is 19.4. The van der Waals surface area contributed by atoms with Crippen LogP contribution in [0.25, 0.3) is 0 Å². The lowest BCUT2D eigenvalue weighted by molar-refractivity contribution is -0.137. The first-order chi connectivity index (χ1) is 5.91. The lowest BCUT2D eigenvalue weighted by Gasteiger charge is -2.05. The summed E-state index contributed by atoms with van der Waals surface area (Å²) in [7, 11) is 0. The van der Waals surface area contributed by atoms with E-state index in [0.717, 1.165) is 24.3 Å². The average molecular weight is 189 g/mol. The number of rotatable bonds is 1. The molecule has 0 saturated heterocycles. The average Bonchev–Trinajstić information content (AvgIpc) is 2.03. The summed E-state index contributed by atoms with van der Waals surface area (Å²) in [6.07, 6.45) is -4.38. The minimum atomic E-state index is -4.38. The summed E-state index contributed by atoms with van der Waals surface area (Å²) in [6.45, 7) is 0. The summed E-state index contributed by atoms with van der Waals surface area (Å²) in [4.78, 5) is 10.5. The molecule has 0 saturated carbocycles. The highest BCUT2D eigenvalue weighted by molar-refractivity contribution is 5.92. The second-order valence-electron chi connectivity index (χ2n) is 2.44. The molecule has 0 aliphatic carbocycles. The summed E-state index contributed by atoms with van der Waals surface area (Å²) >= 11 is 0. The van der Waals surface area contributed by atoms with Gasteiger partial charge in [-0.25, -0.2) is 0 Å². The van der Waals surface area contributed by atoms with Crippen molar-refractivity contribution in [2.24, 2.45) is 5.73 Å². The van der Waals surface area contributed by atoms with Gasteiger partial charge >= 0.3 is 6.18 Å². The summed E-state index contributed by atoms with van der Waals surface area (Å²) in [6, 6.07) is 3.73. The molecule has 70 valence electrons. The van der Waals surface area contributed by atoms with Crippen LogP contribution in [0.1, 0.15) is 15.9 Å². The zero-order valence-corrected chi connectivity index (χ0v) is 6.43. The van der Waals surface area contributed by atoms with Gasteiger partial charge in [0.1, 0.15) is 0 Å². The monoisotopic (exact) mass is 189 g/mol. The topological polar surface area (TPSA) is 43.1 Å². The Morgan fingerprint density at radius 3 is 1.92 bits per heavy atom. The SMILES string of the molecule is NC(=O)c1ccc(C(F)(F)F)cc1.